The number of carbonyl (C=O) groups is 1. The van der Waals surface area contributed by atoms with Crippen molar-refractivity contribution in [2.45, 2.75) is 50.6 Å². The highest BCUT2D eigenvalue weighted by Gasteiger charge is 2.34. The van der Waals surface area contributed by atoms with Crippen molar-refractivity contribution in [3.8, 4) is 0 Å². The second-order valence-corrected chi connectivity index (χ2v) is 4.81. The fourth-order valence-electron chi connectivity index (χ4n) is 2.86. The minimum atomic E-state index is -0.732. The molecule has 0 radical (unpaired) electrons. The third-order valence-electron chi connectivity index (χ3n) is 3.75. The van der Waals surface area contributed by atoms with Gasteiger partial charge in [-0.15, -0.1) is 0 Å². The van der Waals surface area contributed by atoms with Gasteiger partial charge in [0.15, 0.2) is 0 Å². The third kappa shape index (κ3) is 2.74. The summed E-state index contributed by atoms with van der Waals surface area (Å²) in [6.07, 6.45) is 7.41. The van der Waals surface area contributed by atoms with Crippen LogP contribution in [0.1, 0.15) is 38.5 Å². The summed E-state index contributed by atoms with van der Waals surface area (Å²) in [6.45, 7) is 1.81. The predicted molar refractivity (Wildman–Crippen MR) is 60.4 cm³/mol. The van der Waals surface area contributed by atoms with Crippen molar-refractivity contribution in [2.75, 3.05) is 19.8 Å². The molecule has 0 bridgehead atoms. The fourth-order valence-corrected chi connectivity index (χ4v) is 2.86. The van der Waals surface area contributed by atoms with Gasteiger partial charge >= 0.3 is 5.97 Å². The van der Waals surface area contributed by atoms with Gasteiger partial charge in [0.1, 0.15) is 6.04 Å². The van der Waals surface area contributed by atoms with E-state index in [0.717, 1.165) is 19.4 Å². The summed E-state index contributed by atoms with van der Waals surface area (Å²) in [6, 6.07) is 0.0457. The number of carboxylic acid groups (broad SMARTS) is 1. The number of hydrogen-bond acceptors (Lipinski definition) is 3. The van der Waals surface area contributed by atoms with Crippen molar-refractivity contribution in [3.63, 3.8) is 0 Å². The molecular weight excluding hydrogens is 206 g/mol. The van der Waals surface area contributed by atoms with E-state index in [-0.39, 0.29) is 0 Å². The van der Waals surface area contributed by atoms with Gasteiger partial charge < -0.3 is 9.84 Å². The summed E-state index contributed by atoms with van der Waals surface area (Å²) in [5, 5.41) is 9.19. The van der Waals surface area contributed by atoms with E-state index in [9.17, 15) is 9.90 Å². The van der Waals surface area contributed by atoms with E-state index in [0.29, 0.717) is 19.3 Å². The van der Waals surface area contributed by atoms with Gasteiger partial charge in [-0.1, -0.05) is 25.7 Å². The molecule has 0 amide bonds. The lowest BCUT2D eigenvalue weighted by Gasteiger charge is -2.38. The number of aliphatic carboxylic acids is 1. The summed E-state index contributed by atoms with van der Waals surface area (Å²) >= 11 is 0. The van der Waals surface area contributed by atoms with Gasteiger partial charge in [-0.25, -0.2) is 0 Å². The number of carboxylic acids is 1. The molecule has 16 heavy (non-hydrogen) atoms. The normalized spacial score (nSPS) is 29.9. The van der Waals surface area contributed by atoms with Crippen molar-refractivity contribution in [3.05, 3.63) is 0 Å². The van der Waals surface area contributed by atoms with E-state index in [2.05, 4.69) is 4.90 Å². The van der Waals surface area contributed by atoms with E-state index < -0.39 is 12.0 Å². The molecule has 4 nitrogen and oxygen atoms in total. The lowest BCUT2D eigenvalue weighted by Crippen LogP contribution is -2.54. The summed E-state index contributed by atoms with van der Waals surface area (Å²) in [7, 11) is 0. The monoisotopic (exact) mass is 227 g/mol. The molecule has 1 saturated carbocycles. The van der Waals surface area contributed by atoms with Crippen LogP contribution in [-0.4, -0.2) is 47.8 Å². The molecule has 0 aromatic carbocycles. The first-order valence-electron chi connectivity index (χ1n) is 6.35. The van der Waals surface area contributed by atoms with Crippen LogP contribution in [-0.2, 0) is 9.53 Å². The summed E-state index contributed by atoms with van der Waals surface area (Å²) in [5.41, 5.74) is 0. The molecule has 2 aliphatic rings. The van der Waals surface area contributed by atoms with Crippen LogP contribution >= 0.6 is 0 Å². The zero-order valence-corrected chi connectivity index (χ0v) is 9.73. The minimum Gasteiger partial charge on any atom is -0.480 e. The maximum atomic E-state index is 11.2. The summed E-state index contributed by atoms with van der Waals surface area (Å²) in [5.74, 6) is -0.732. The van der Waals surface area contributed by atoms with Gasteiger partial charge in [-0.3, -0.25) is 9.69 Å². The quantitative estimate of drug-likeness (QED) is 0.726. The van der Waals surface area contributed by atoms with Crippen LogP contribution in [0.3, 0.4) is 0 Å². The molecule has 1 atom stereocenters. The Kier molecular flexibility index (Phi) is 4.18. The standard InChI is InChI=1S/C12H21NO3/c14-12(15)11-9-16-8-7-13(11)10-5-3-1-2-4-6-10/h10-11H,1-9H2,(H,14,15). The third-order valence-corrected chi connectivity index (χ3v) is 3.75. The SMILES string of the molecule is O=C(O)C1COCCN1C1CCCCCC1. The Morgan fingerprint density at radius 1 is 1.19 bits per heavy atom. The van der Waals surface area contributed by atoms with Gasteiger partial charge in [-0.05, 0) is 12.8 Å². The largest absolute Gasteiger partial charge is 0.480 e. The molecule has 1 unspecified atom stereocenters. The lowest BCUT2D eigenvalue weighted by atomic mass is 10.0. The topological polar surface area (TPSA) is 49.8 Å². The molecular formula is C12H21NO3. The van der Waals surface area contributed by atoms with Crippen LogP contribution in [0.25, 0.3) is 0 Å². The molecule has 0 aromatic rings. The van der Waals surface area contributed by atoms with Crippen molar-refractivity contribution in [1.82, 2.24) is 4.90 Å². The van der Waals surface area contributed by atoms with Crippen LogP contribution < -0.4 is 0 Å². The Labute approximate surface area is 96.6 Å². The molecule has 0 aromatic heterocycles. The van der Waals surface area contributed by atoms with Crippen molar-refractivity contribution in [2.24, 2.45) is 0 Å². The maximum Gasteiger partial charge on any atom is 0.323 e. The van der Waals surface area contributed by atoms with Crippen LogP contribution in [0.4, 0.5) is 0 Å². The molecule has 0 spiro atoms. The van der Waals surface area contributed by atoms with Crippen LogP contribution in [0.2, 0.25) is 0 Å². The molecule has 1 aliphatic heterocycles. The molecule has 1 heterocycles. The van der Waals surface area contributed by atoms with Gasteiger partial charge in [-0.2, -0.15) is 0 Å². The Balaban J connectivity index is 2.00. The molecule has 1 saturated heterocycles. The molecule has 1 aliphatic carbocycles. The Hall–Kier alpha value is -0.610. The van der Waals surface area contributed by atoms with Gasteiger partial charge in [0.05, 0.1) is 13.2 Å². The zero-order valence-electron chi connectivity index (χ0n) is 9.73. The highest BCUT2D eigenvalue weighted by molar-refractivity contribution is 5.73. The second kappa shape index (κ2) is 5.64. The van der Waals surface area contributed by atoms with E-state index in [1.165, 1.54) is 25.7 Å². The van der Waals surface area contributed by atoms with E-state index in [1.807, 2.05) is 0 Å². The average Bonchev–Trinajstić information content (AvgIpc) is 2.57. The van der Waals surface area contributed by atoms with E-state index >= 15 is 0 Å². The number of ether oxygens (including phenoxy) is 1. The average molecular weight is 227 g/mol. The number of morpholine rings is 1. The van der Waals surface area contributed by atoms with E-state index in [1.54, 1.807) is 0 Å². The van der Waals surface area contributed by atoms with Gasteiger partial charge in [0.25, 0.3) is 0 Å². The Bertz CT molecular complexity index is 236. The van der Waals surface area contributed by atoms with Gasteiger partial charge in [0, 0.05) is 12.6 Å². The zero-order chi connectivity index (χ0) is 11.4. The number of rotatable bonds is 2. The highest BCUT2D eigenvalue weighted by Crippen LogP contribution is 2.24. The second-order valence-electron chi connectivity index (χ2n) is 4.81. The Morgan fingerprint density at radius 2 is 1.88 bits per heavy atom. The van der Waals surface area contributed by atoms with Crippen molar-refractivity contribution in [1.29, 1.82) is 0 Å². The highest BCUT2D eigenvalue weighted by atomic mass is 16.5. The molecule has 4 heteroatoms. The van der Waals surface area contributed by atoms with E-state index in [4.69, 9.17) is 4.74 Å². The van der Waals surface area contributed by atoms with Crippen LogP contribution in [0, 0.1) is 0 Å². The first-order valence-corrected chi connectivity index (χ1v) is 6.35. The Morgan fingerprint density at radius 3 is 2.50 bits per heavy atom. The summed E-state index contributed by atoms with van der Waals surface area (Å²) < 4.78 is 5.27. The number of hydrogen-bond donors (Lipinski definition) is 1. The van der Waals surface area contributed by atoms with Crippen molar-refractivity contribution < 1.29 is 14.6 Å². The number of nitrogens with zero attached hydrogens (tertiary/aromatic N) is 1. The first-order chi connectivity index (χ1) is 7.79. The maximum absolute atomic E-state index is 11.2. The molecule has 92 valence electrons. The van der Waals surface area contributed by atoms with Crippen molar-refractivity contribution >= 4 is 5.97 Å². The van der Waals surface area contributed by atoms with Gasteiger partial charge in [0.2, 0.25) is 0 Å². The predicted octanol–water partition coefficient (Wildman–Crippen LogP) is 1.49. The molecule has 1 N–H and O–H groups in total. The summed E-state index contributed by atoms with van der Waals surface area (Å²) in [4.78, 5) is 13.3. The fraction of sp³-hybridized carbons (Fsp3) is 0.917. The minimum absolute atomic E-state index is 0.353. The molecule has 2 fully saturated rings. The smallest absolute Gasteiger partial charge is 0.323 e. The van der Waals surface area contributed by atoms with Crippen LogP contribution in [0.5, 0.6) is 0 Å². The lowest BCUT2D eigenvalue weighted by molar-refractivity contribution is -0.151. The first kappa shape index (κ1) is 11.9. The molecule has 2 rings (SSSR count). The van der Waals surface area contributed by atoms with Crippen LogP contribution in [0.15, 0.2) is 0 Å².